The molecular formula is C12H17F3N4O. The first kappa shape index (κ1) is 16.2. The normalized spacial score (nSPS) is 12.9. The van der Waals surface area contributed by atoms with E-state index in [1.807, 2.05) is 0 Å². The van der Waals surface area contributed by atoms with E-state index < -0.39 is 12.7 Å². The van der Waals surface area contributed by atoms with Crippen molar-refractivity contribution in [2.45, 2.75) is 26.1 Å². The zero-order valence-electron chi connectivity index (χ0n) is 11.1. The lowest BCUT2D eigenvalue weighted by Crippen LogP contribution is -2.35. The zero-order chi connectivity index (χ0) is 15.2. The van der Waals surface area contributed by atoms with Crippen LogP contribution in [0.15, 0.2) is 23.5 Å². The molecule has 5 nitrogen and oxygen atoms in total. The second-order valence-electron chi connectivity index (χ2n) is 4.32. The number of hydrogen-bond acceptors (Lipinski definition) is 4. The summed E-state index contributed by atoms with van der Waals surface area (Å²) in [6, 6.07) is 3.21. The van der Waals surface area contributed by atoms with Gasteiger partial charge < -0.3 is 10.9 Å². The van der Waals surface area contributed by atoms with Crippen molar-refractivity contribution >= 4 is 5.84 Å². The van der Waals surface area contributed by atoms with Crippen LogP contribution in [0.4, 0.5) is 13.2 Å². The van der Waals surface area contributed by atoms with Crippen LogP contribution in [0, 0.1) is 0 Å². The lowest BCUT2D eigenvalue weighted by atomic mass is 10.1. The van der Waals surface area contributed by atoms with Crippen molar-refractivity contribution in [1.82, 2.24) is 9.88 Å². The Balaban J connectivity index is 2.94. The molecule has 3 N–H and O–H groups in total. The minimum Gasteiger partial charge on any atom is -0.409 e. The average Bonchev–Trinajstić information content (AvgIpc) is 2.37. The minimum atomic E-state index is -4.27. The Kier molecular flexibility index (Phi) is 5.75. The van der Waals surface area contributed by atoms with Crippen molar-refractivity contribution < 1.29 is 18.4 Å². The Bertz CT molecular complexity index is 462. The number of nitrogens with zero attached hydrogens (tertiary/aromatic N) is 3. The third kappa shape index (κ3) is 5.04. The first-order valence-corrected chi connectivity index (χ1v) is 6.08. The van der Waals surface area contributed by atoms with Crippen molar-refractivity contribution in [1.29, 1.82) is 0 Å². The standard InChI is InChI=1S/C12H17F3N4O/c1-2-6-19(8-12(13,14)15)7-9-4-3-5-17-10(9)11(16)18-20/h3-5,20H,2,6-8H2,1H3,(H2,16,18). The number of rotatable bonds is 6. The number of halogens is 3. The second kappa shape index (κ2) is 7.09. The van der Waals surface area contributed by atoms with E-state index in [2.05, 4.69) is 10.1 Å². The van der Waals surface area contributed by atoms with Gasteiger partial charge >= 0.3 is 6.18 Å². The molecule has 0 aliphatic rings. The number of alkyl halides is 3. The fourth-order valence-corrected chi connectivity index (χ4v) is 1.87. The fourth-order valence-electron chi connectivity index (χ4n) is 1.87. The Labute approximate surface area is 114 Å². The Morgan fingerprint density at radius 1 is 1.50 bits per heavy atom. The molecule has 0 aromatic carbocycles. The monoisotopic (exact) mass is 290 g/mol. The Hall–Kier alpha value is -1.83. The summed E-state index contributed by atoms with van der Waals surface area (Å²) in [7, 11) is 0. The van der Waals surface area contributed by atoms with Crippen LogP contribution in [-0.2, 0) is 6.54 Å². The summed E-state index contributed by atoms with van der Waals surface area (Å²) in [4.78, 5) is 5.19. The number of pyridine rings is 1. The molecule has 0 amide bonds. The van der Waals surface area contributed by atoms with Crippen LogP contribution in [-0.4, -0.2) is 40.2 Å². The molecule has 0 aliphatic heterocycles. The first-order chi connectivity index (χ1) is 9.37. The molecule has 1 aromatic heterocycles. The summed E-state index contributed by atoms with van der Waals surface area (Å²) in [5.74, 6) is -0.218. The van der Waals surface area contributed by atoms with Gasteiger partial charge in [-0.15, -0.1) is 0 Å². The van der Waals surface area contributed by atoms with Crippen LogP contribution in [0.3, 0.4) is 0 Å². The quantitative estimate of drug-likeness (QED) is 0.363. The van der Waals surface area contributed by atoms with E-state index in [4.69, 9.17) is 10.9 Å². The van der Waals surface area contributed by atoms with Gasteiger partial charge in [0.05, 0.1) is 6.54 Å². The molecule has 1 heterocycles. The third-order valence-corrected chi connectivity index (χ3v) is 2.58. The van der Waals surface area contributed by atoms with Gasteiger partial charge in [-0.2, -0.15) is 13.2 Å². The van der Waals surface area contributed by atoms with Crippen LogP contribution >= 0.6 is 0 Å². The van der Waals surface area contributed by atoms with E-state index >= 15 is 0 Å². The predicted octanol–water partition coefficient (Wildman–Crippen LogP) is 1.95. The predicted molar refractivity (Wildman–Crippen MR) is 68.4 cm³/mol. The van der Waals surface area contributed by atoms with Gasteiger partial charge in [-0.05, 0) is 24.6 Å². The smallest absolute Gasteiger partial charge is 0.401 e. The van der Waals surface area contributed by atoms with Crippen LogP contribution in [0.5, 0.6) is 0 Å². The van der Waals surface area contributed by atoms with E-state index in [-0.39, 0.29) is 18.1 Å². The summed E-state index contributed by atoms with van der Waals surface area (Å²) >= 11 is 0. The number of oxime groups is 1. The number of nitrogens with two attached hydrogens (primary N) is 1. The van der Waals surface area contributed by atoms with Crippen LogP contribution in [0.25, 0.3) is 0 Å². The van der Waals surface area contributed by atoms with Gasteiger partial charge in [0.25, 0.3) is 0 Å². The highest BCUT2D eigenvalue weighted by molar-refractivity contribution is 5.96. The van der Waals surface area contributed by atoms with Gasteiger partial charge in [0.1, 0.15) is 5.69 Å². The molecule has 0 unspecified atom stereocenters. The van der Waals surface area contributed by atoms with Crippen LogP contribution < -0.4 is 5.73 Å². The molecule has 0 fully saturated rings. The van der Waals surface area contributed by atoms with Gasteiger partial charge in [0.15, 0.2) is 5.84 Å². The SMILES string of the molecule is CCCN(Cc1cccnc1C(N)=NO)CC(F)(F)F. The molecular weight excluding hydrogens is 273 g/mol. The molecule has 0 saturated carbocycles. The van der Waals surface area contributed by atoms with Crippen molar-refractivity contribution in [3.8, 4) is 0 Å². The van der Waals surface area contributed by atoms with Gasteiger partial charge in [-0.3, -0.25) is 9.88 Å². The number of aromatic nitrogens is 1. The first-order valence-electron chi connectivity index (χ1n) is 6.08. The van der Waals surface area contributed by atoms with Crippen molar-refractivity contribution in [2.24, 2.45) is 10.9 Å². The highest BCUT2D eigenvalue weighted by Crippen LogP contribution is 2.19. The summed E-state index contributed by atoms with van der Waals surface area (Å²) < 4.78 is 37.5. The van der Waals surface area contributed by atoms with Gasteiger partial charge in [0, 0.05) is 12.7 Å². The molecule has 1 aromatic rings. The number of amidine groups is 1. The van der Waals surface area contributed by atoms with E-state index in [9.17, 15) is 13.2 Å². The highest BCUT2D eigenvalue weighted by atomic mass is 19.4. The van der Waals surface area contributed by atoms with E-state index in [1.165, 1.54) is 11.1 Å². The van der Waals surface area contributed by atoms with Gasteiger partial charge in [-0.25, -0.2) is 0 Å². The molecule has 0 atom stereocenters. The topological polar surface area (TPSA) is 74.7 Å². The molecule has 20 heavy (non-hydrogen) atoms. The van der Waals surface area contributed by atoms with E-state index in [1.54, 1.807) is 19.1 Å². The maximum atomic E-state index is 12.5. The summed E-state index contributed by atoms with van der Waals surface area (Å²) in [5, 5.41) is 11.5. The summed E-state index contributed by atoms with van der Waals surface area (Å²) in [6.45, 7) is 1.12. The van der Waals surface area contributed by atoms with E-state index in [0.717, 1.165) is 0 Å². The van der Waals surface area contributed by atoms with Crippen LogP contribution in [0.1, 0.15) is 24.6 Å². The molecule has 1 rings (SSSR count). The maximum absolute atomic E-state index is 12.5. The van der Waals surface area contributed by atoms with Gasteiger partial charge in [-0.1, -0.05) is 18.1 Å². The maximum Gasteiger partial charge on any atom is 0.401 e. The second-order valence-corrected chi connectivity index (χ2v) is 4.32. The summed E-state index contributed by atoms with van der Waals surface area (Å²) in [5.41, 5.74) is 6.15. The molecule has 0 radical (unpaired) electrons. The van der Waals surface area contributed by atoms with Crippen molar-refractivity contribution in [2.75, 3.05) is 13.1 Å². The Morgan fingerprint density at radius 3 is 2.75 bits per heavy atom. The molecule has 0 bridgehead atoms. The van der Waals surface area contributed by atoms with E-state index in [0.29, 0.717) is 18.5 Å². The fraction of sp³-hybridized carbons (Fsp3) is 0.500. The summed E-state index contributed by atoms with van der Waals surface area (Å²) in [6.07, 6.45) is -2.24. The third-order valence-electron chi connectivity index (χ3n) is 2.58. The molecule has 0 aliphatic carbocycles. The minimum absolute atomic E-state index is 0.0345. The lowest BCUT2D eigenvalue weighted by molar-refractivity contribution is -0.147. The number of hydrogen-bond donors (Lipinski definition) is 2. The average molecular weight is 290 g/mol. The largest absolute Gasteiger partial charge is 0.409 e. The van der Waals surface area contributed by atoms with Crippen molar-refractivity contribution in [3.63, 3.8) is 0 Å². The molecule has 112 valence electrons. The van der Waals surface area contributed by atoms with Gasteiger partial charge in [0.2, 0.25) is 0 Å². The highest BCUT2D eigenvalue weighted by Gasteiger charge is 2.30. The zero-order valence-corrected chi connectivity index (χ0v) is 11.1. The lowest BCUT2D eigenvalue weighted by Gasteiger charge is -2.23. The van der Waals surface area contributed by atoms with Crippen molar-refractivity contribution in [3.05, 3.63) is 29.6 Å². The molecule has 0 saturated heterocycles. The Morgan fingerprint density at radius 2 is 2.20 bits per heavy atom. The molecule has 0 spiro atoms. The molecule has 8 heteroatoms. The van der Waals surface area contributed by atoms with Crippen LogP contribution in [0.2, 0.25) is 0 Å².